The summed E-state index contributed by atoms with van der Waals surface area (Å²) >= 11 is 3.50. The SMILES string of the molecule is Brc1ccc(C[N+]2=C(c3ccco3)c3cc4c(cc3CC2)OCO4)cc1.[Br-]. The molecular formula is C21H17Br2NO3. The first kappa shape index (κ1) is 18.3. The van der Waals surface area contributed by atoms with Gasteiger partial charge in [-0.3, -0.25) is 0 Å². The molecule has 0 amide bonds. The number of benzene rings is 2. The van der Waals surface area contributed by atoms with Gasteiger partial charge in [0.15, 0.2) is 23.8 Å². The molecule has 0 saturated heterocycles. The van der Waals surface area contributed by atoms with Crippen molar-refractivity contribution in [3.8, 4) is 11.5 Å². The molecule has 0 atom stereocenters. The van der Waals surface area contributed by atoms with Gasteiger partial charge in [-0.15, -0.1) is 0 Å². The van der Waals surface area contributed by atoms with Crippen LogP contribution in [-0.2, 0) is 13.0 Å². The van der Waals surface area contributed by atoms with Crippen molar-refractivity contribution in [3.63, 3.8) is 0 Å². The number of ether oxygens (including phenoxy) is 2. The first-order valence-corrected chi connectivity index (χ1v) is 9.40. The average Bonchev–Trinajstić information content (AvgIpc) is 3.33. The Morgan fingerprint density at radius 1 is 1.00 bits per heavy atom. The Kier molecular flexibility index (Phi) is 5.10. The zero-order valence-electron chi connectivity index (χ0n) is 14.5. The van der Waals surface area contributed by atoms with Crippen molar-refractivity contribution in [2.24, 2.45) is 0 Å². The summed E-state index contributed by atoms with van der Waals surface area (Å²) in [7, 11) is 0. The Morgan fingerprint density at radius 2 is 1.78 bits per heavy atom. The Labute approximate surface area is 176 Å². The molecule has 0 saturated carbocycles. The van der Waals surface area contributed by atoms with Gasteiger partial charge >= 0.3 is 0 Å². The van der Waals surface area contributed by atoms with Crippen LogP contribution in [0.5, 0.6) is 11.5 Å². The highest BCUT2D eigenvalue weighted by Gasteiger charge is 2.32. The summed E-state index contributed by atoms with van der Waals surface area (Å²) in [5.74, 6) is 2.52. The molecule has 6 heteroatoms. The standard InChI is InChI=1S/C21H17BrNO3.BrH/c22-16-5-3-14(4-6-16)12-23-8-7-15-10-19-20(26-13-25-19)11-17(15)21(23)18-2-1-9-24-18;/h1-6,9-11H,7-8,12-13H2;1H/q+1;/p-1. The molecule has 2 aromatic carbocycles. The van der Waals surface area contributed by atoms with E-state index in [4.69, 9.17) is 13.9 Å². The first-order valence-electron chi connectivity index (χ1n) is 8.61. The summed E-state index contributed by atoms with van der Waals surface area (Å²) in [4.78, 5) is 0. The van der Waals surface area contributed by atoms with Crippen molar-refractivity contribution in [1.82, 2.24) is 0 Å². The van der Waals surface area contributed by atoms with Gasteiger partial charge in [0.2, 0.25) is 6.79 Å². The van der Waals surface area contributed by atoms with Gasteiger partial charge in [-0.05, 0) is 42.0 Å². The number of hydrogen-bond acceptors (Lipinski definition) is 3. The summed E-state index contributed by atoms with van der Waals surface area (Å²) in [6.45, 7) is 2.05. The Morgan fingerprint density at radius 3 is 2.52 bits per heavy atom. The summed E-state index contributed by atoms with van der Waals surface area (Å²) in [5.41, 5.74) is 4.80. The number of nitrogens with zero attached hydrogens (tertiary/aromatic N) is 1. The van der Waals surface area contributed by atoms with Crippen LogP contribution in [0.25, 0.3) is 0 Å². The lowest BCUT2D eigenvalue weighted by molar-refractivity contribution is -0.544. The maximum Gasteiger partial charge on any atom is 0.250 e. The minimum Gasteiger partial charge on any atom is -1.00 e. The van der Waals surface area contributed by atoms with E-state index in [0.29, 0.717) is 0 Å². The summed E-state index contributed by atoms with van der Waals surface area (Å²) in [6.07, 6.45) is 2.69. The van der Waals surface area contributed by atoms with Gasteiger partial charge in [-0.25, -0.2) is 4.58 Å². The van der Waals surface area contributed by atoms with E-state index < -0.39 is 0 Å². The second kappa shape index (κ2) is 7.52. The molecule has 0 bridgehead atoms. The first-order chi connectivity index (χ1) is 12.8. The normalized spacial score (nSPS) is 14.7. The molecule has 138 valence electrons. The van der Waals surface area contributed by atoms with Crippen molar-refractivity contribution in [3.05, 3.63) is 81.7 Å². The Bertz CT molecular complexity index is 995. The van der Waals surface area contributed by atoms with E-state index in [9.17, 15) is 0 Å². The largest absolute Gasteiger partial charge is 1.00 e. The Hall–Kier alpha value is -2.05. The van der Waals surface area contributed by atoms with Crippen molar-refractivity contribution in [2.45, 2.75) is 13.0 Å². The molecule has 2 aliphatic rings. The number of rotatable bonds is 3. The van der Waals surface area contributed by atoms with E-state index in [0.717, 1.165) is 52.5 Å². The molecule has 27 heavy (non-hydrogen) atoms. The zero-order valence-corrected chi connectivity index (χ0v) is 17.6. The second-order valence-corrected chi connectivity index (χ2v) is 7.40. The highest BCUT2D eigenvalue weighted by molar-refractivity contribution is 9.10. The third-order valence-electron chi connectivity index (χ3n) is 4.86. The summed E-state index contributed by atoms with van der Waals surface area (Å²) in [6, 6.07) is 16.6. The fourth-order valence-corrected chi connectivity index (χ4v) is 3.88. The molecule has 0 fully saturated rings. The molecule has 0 radical (unpaired) electrons. The summed E-state index contributed by atoms with van der Waals surface area (Å²) in [5, 5.41) is 0. The number of furan rings is 1. The van der Waals surface area contributed by atoms with Crippen LogP contribution < -0.4 is 26.5 Å². The molecule has 0 N–H and O–H groups in total. The average molecular weight is 491 g/mol. The van der Waals surface area contributed by atoms with Crippen molar-refractivity contribution in [2.75, 3.05) is 13.3 Å². The van der Waals surface area contributed by atoms with E-state index in [2.05, 4.69) is 56.9 Å². The maximum absolute atomic E-state index is 5.78. The van der Waals surface area contributed by atoms with E-state index in [1.54, 1.807) is 6.26 Å². The second-order valence-electron chi connectivity index (χ2n) is 6.49. The highest BCUT2D eigenvalue weighted by Crippen LogP contribution is 2.37. The van der Waals surface area contributed by atoms with Gasteiger partial charge in [0.25, 0.3) is 5.71 Å². The minimum atomic E-state index is 0. The van der Waals surface area contributed by atoms with Crippen LogP contribution in [0.3, 0.4) is 0 Å². The molecule has 0 spiro atoms. The third-order valence-corrected chi connectivity index (χ3v) is 5.39. The molecule has 4 nitrogen and oxygen atoms in total. The van der Waals surface area contributed by atoms with Gasteiger partial charge in [0.05, 0.1) is 11.8 Å². The molecule has 5 rings (SSSR count). The van der Waals surface area contributed by atoms with Crippen molar-refractivity contribution in [1.29, 1.82) is 0 Å². The van der Waals surface area contributed by atoms with Gasteiger partial charge in [-0.2, -0.15) is 0 Å². The van der Waals surface area contributed by atoms with Crippen LogP contribution in [0.2, 0.25) is 0 Å². The molecular weight excluding hydrogens is 474 g/mol. The molecule has 1 aromatic heterocycles. The van der Waals surface area contributed by atoms with Gasteiger partial charge in [-0.1, -0.05) is 28.1 Å². The van der Waals surface area contributed by atoms with E-state index in [-0.39, 0.29) is 23.8 Å². The lowest BCUT2D eigenvalue weighted by Crippen LogP contribution is -3.00. The predicted molar refractivity (Wildman–Crippen MR) is 101 cm³/mol. The quantitative estimate of drug-likeness (QED) is 0.520. The molecule has 0 unspecified atom stereocenters. The van der Waals surface area contributed by atoms with Gasteiger partial charge in [0.1, 0.15) is 6.54 Å². The number of hydrogen-bond donors (Lipinski definition) is 0. The zero-order chi connectivity index (χ0) is 17.5. The van der Waals surface area contributed by atoms with Gasteiger partial charge < -0.3 is 30.9 Å². The molecule has 0 aliphatic carbocycles. The molecule has 2 aliphatic heterocycles. The third kappa shape index (κ3) is 3.44. The number of fused-ring (bicyclic) bond motifs is 2. The summed E-state index contributed by atoms with van der Waals surface area (Å²) < 4.78 is 20.4. The van der Waals surface area contributed by atoms with E-state index in [1.807, 2.05) is 12.1 Å². The van der Waals surface area contributed by atoms with E-state index in [1.165, 1.54) is 11.1 Å². The topological polar surface area (TPSA) is 34.6 Å². The van der Waals surface area contributed by atoms with Crippen LogP contribution in [0.15, 0.2) is 63.7 Å². The van der Waals surface area contributed by atoms with E-state index >= 15 is 0 Å². The minimum absolute atomic E-state index is 0. The molecule has 3 aromatic rings. The van der Waals surface area contributed by atoms with Crippen molar-refractivity contribution < 1.29 is 35.4 Å². The van der Waals surface area contributed by atoms with Crippen LogP contribution in [0.4, 0.5) is 0 Å². The maximum atomic E-state index is 5.78. The van der Waals surface area contributed by atoms with Crippen LogP contribution >= 0.6 is 15.9 Å². The fraction of sp³-hybridized carbons (Fsp3) is 0.190. The van der Waals surface area contributed by atoms with Crippen LogP contribution in [0.1, 0.15) is 22.5 Å². The fourth-order valence-electron chi connectivity index (χ4n) is 3.62. The number of halogens is 2. The van der Waals surface area contributed by atoms with Crippen molar-refractivity contribution >= 4 is 21.6 Å². The highest BCUT2D eigenvalue weighted by atomic mass is 79.9. The monoisotopic (exact) mass is 489 g/mol. The Balaban J connectivity index is 0.00000180. The van der Waals surface area contributed by atoms with Gasteiger partial charge in [0, 0.05) is 16.5 Å². The lowest BCUT2D eigenvalue weighted by Gasteiger charge is -2.18. The van der Waals surface area contributed by atoms with Crippen LogP contribution in [-0.4, -0.2) is 23.6 Å². The smallest absolute Gasteiger partial charge is 0.250 e. The van der Waals surface area contributed by atoms with Crippen LogP contribution in [0, 0.1) is 0 Å². The molecule has 3 heterocycles. The lowest BCUT2D eigenvalue weighted by atomic mass is 9.94. The predicted octanol–water partition coefficient (Wildman–Crippen LogP) is 1.38.